The molecule has 0 aromatic carbocycles. The standard InChI is InChI=1S/C9H16N2O3.C8H14N2O3.C2H6O4S/c1-6(2)5-7-8(12)10(3)11(4)9(13)14-7;1-5(2)4-6-7(11)9-10(3)8(12)13-6;1-5-7(3,4)6-2/h6-7H,5H2,1-4H3;5-6H,4H2,1-3H3,(H,9,11);1-2H3. The van der Waals surface area contributed by atoms with Crippen LogP contribution < -0.4 is 5.43 Å². The number of carbonyl (C=O) groups is 4. The van der Waals surface area contributed by atoms with Crippen LogP contribution in [0.15, 0.2) is 0 Å². The van der Waals surface area contributed by atoms with E-state index in [1.54, 1.807) is 7.05 Å². The van der Waals surface area contributed by atoms with Crippen LogP contribution in [0.1, 0.15) is 40.5 Å². The van der Waals surface area contributed by atoms with Crippen LogP contribution in [-0.2, 0) is 37.8 Å². The minimum atomic E-state index is -3.66. The second kappa shape index (κ2) is 13.9. The number of nitrogens with one attached hydrogen (secondary N) is 1. The molecule has 198 valence electrons. The fraction of sp³-hybridized carbons (Fsp3) is 0.789. The quantitative estimate of drug-likeness (QED) is 0.541. The Morgan fingerprint density at radius 3 is 1.68 bits per heavy atom. The first-order valence-electron chi connectivity index (χ1n) is 10.4. The maximum Gasteiger partial charge on any atom is 0.429 e. The summed E-state index contributed by atoms with van der Waals surface area (Å²) in [5.74, 6) is 0.233. The van der Waals surface area contributed by atoms with Crippen molar-refractivity contribution < 1.29 is 45.4 Å². The average molecular weight is 513 g/mol. The first-order chi connectivity index (χ1) is 15.6. The Labute approximate surface area is 200 Å². The zero-order chi connectivity index (χ0) is 26.8. The van der Waals surface area contributed by atoms with Crippen molar-refractivity contribution in [2.24, 2.45) is 11.8 Å². The number of hydrazine groups is 2. The van der Waals surface area contributed by atoms with E-state index < -0.39 is 34.8 Å². The van der Waals surface area contributed by atoms with Crippen LogP contribution in [0.2, 0.25) is 0 Å². The van der Waals surface area contributed by atoms with Crippen LogP contribution in [0.25, 0.3) is 0 Å². The zero-order valence-corrected chi connectivity index (χ0v) is 21.9. The molecule has 2 aliphatic rings. The van der Waals surface area contributed by atoms with Gasteiger partial charge in [0.2, 0.25) is 0 Å². The van der Waals surface area contributed by atoms with Crippen molar-refractivity contribution in [3.8, 4) is 0 Å². The average Bonchev–Trinajstić information content (AvgIpc) is 2.74. The fourth-order valence-corrected chi connectivity index (χ4v) is 2.63. The monoisotopic (exact) mass is 512 g/mol. The number of nitrogens with zero attached hydrogens (tertiary/aromatic N) is 3. The molecule has 1 N–H and O–H groups in total. The summed E-state index contributed by atoms with van der Waals surface area (Å²) in [5.41, 5.74) is 2.40. The zero-order valence-electron chi connectivity index (χ0n) is 21.1. The molecule has 4 amide bonds. The van der Waals surface area contributed by atoms with E-state index in [2.05, 4.69) is 13.8 Å². The van der Waals surface area contributed by atoms with Crippen LogP contribution in [-0.4, -0.2) is 95.0 Å². The molecule has 0 saturated carbocycles. The minimum absolute atomic E-state index is 0.166. The summed E-state index contributed by atoms with van der Waals surface area (Å²) < 4.78 is 37.4. The van der Waals surface area contributed by atoms with Gasteiger partial charge in [0.25, 0.3) is 11.8 Å². The van der Waals surface area contributed by atoms with Gasteiger partial charge < -0.3 is 9.47 Å². The third-order valence-corrected chi connectivity index (χ3v) is 5.23. The van der Waals surface area contributed by atoms with Crippen molar-refractivity contribution >= 4 is 34.4 Å². The summed E-state index contributed by atoms with van der Waals surface area (Å²) in [6, 6.07) is 0. The normalized spacial score (nSPS) is 20.7. The van der Waals surface area contributed by atoms with Gasteiger partial charge >= 0.3 is 22.6 Å². The maximum atomic E-state index is 11.6. The van der Waals surface area contributed by atoms with Crippen molar-refractivity contribution in [2.45, 2.75) is 52.7 Å². The molecule has 0 aromatic rings. The lowest BCUT2D eigenvalue weighted by Gasteiger charge is -2.36. The van der Waals surface area contributed by atoms with Crippen LogP contribution in [0.4, 0.5) is 9.59 Å². The lowest BCUT2D eigenvalue weighted by Crippen LogP contribution is -2.56. The lowest BCUT2D eigenvalue weighted by atomic mass is 10.1. The number of hydrogen-bond acceptors (Lipinski definition) is 10. The molecule has 0 spiro atoms. The predicted octanol–water partition coefficient (Wildman–Crippen LogP) is 0.895. The second-order valence-corrected chi connectivity index (χ2v) is 9.65. The van der Waals surface area contributed by atoms with Crippen molar-refractivity contribution in [2.75, 3.05) is 35.4 Å². The topological polar surface area (TPSA) is 161 Å². The van der Waals surface area contributed by atoms with E-state index in [1.807, 2.05) is 27.7 Å². The third kappa shape index (κ3) is 10.5. The summed E-state index contributed by atoms with van der Waals surface area (Å²) in [6.07, 6.45) is -1.11. The Morgan fingerprint density at radius 1 is 0.824 bits per heavy atom. The Morgan fingerprint density at radius 2 is 1.26 bits per heavy atom. The van der Waals surface area contributed by atoms with E-state index in [0.29, 0.717) is 24.7 Å². The molecule has 2 aliphatic heterocycles. The van der Waals surface area contributed by atoms with Gasteiger partial charge in [-0.2, -0.15) is 8.42 Å². The second-order valence-electron chi connectivity index (χ2n) is 8.17. The van der Waals surface area contributed by atoms with Crippen molar-refractivity contribution in [1.29, 1.82) is 0 Å². The van der Waals surface area contributed by atoms with E-state index in [4.69, 9.17) is 9.47 Å². The Bertz CT molecular complexity index is 808. The number of ether oxygens (including phenoxy) is 2. The van der Waals surface area contributed by atoms with Crippen LogP contribution >= 0.6 is 0 Å². The summed E-state index contributed by atoms with van der Waals surface area (Å²) >= 11 is 0. The first-order valence-corrected chi connectivity index (χ1v) is 11.7. The van der Waals surface area contributed by atoms with Crippen LogP contribution in [0, 0.1) is 11.8 Å². The highest BCUT2D eigenvalue weighted by atomic mass is 32.3. The number of likely N-dealkylation sites (N-methyl/N-ethyl adjacent to an activating group) is 1. The number of amides is 4. The molecule has 14 nitrogen and oxygen atoms in total. The molecule has 0 radical (unpaired) electrons. The van der Waals surface area contributed by atoms with Gasteiger partial charge in [-0.15, -0.1) is 0 Å². The largest absolute Gasteiger partial charge is 0.435 e. The van der Waals surface area contributed by atoms with Gasteiger partial charge in [0.05, 0.1) is 14.2 Å². The van der Waals surface area contributed by atoms with Crippen LogP contribution in [0.5, 0.6) is 0 Å². The van der Waals surface area contributed by atoms with E-state index in [0.717, 1.165) is 19.2 Å². The smallest absolute Gasteiger partial charge is 0.429 e. The minimum Gasteiger partial charge on any atom is -0.435 e. The van der Waals surface area contributed by atoms with Gasteiger partial charge in [-0.3, -0.25) is 23.4 Å². The van der Waals surface area contributed by atoms with Crippen molar-refractivity contribution in [3.05, 3.63) is 0 Å². The third-order valence-electron chi connectivity index (χ3n) is 4.42. The van der Waals surface area contributed by atoms with E-state index in [-0.39, 0.29) is 11.8 Å². The number of carbonyl (C=O) groups excluding carboxylic acids is 4. The first kappa shape index (κ1) is 31.4. The van der Waals surface area contributed by atoms with E-state index in [1.165, 1.54) is 24.1 Å². The Hall–Kier alpha value is -2.65. The molecule has 2 atom stereocenters. The molecule has 2 heterocycles. The SMILES string of the molecule is CC(C)CC1OC(=O)N(C)N(C)C1=O.CC(C)CC1OC(=O)N(C)NC1=O.COS(=O)(=O)OC. The molecular formula is C19H36N4O10S. The number of rotatable bonds is 6. The highest BCUT2D eigenvalue weighted by Gasteiger charge is 2.36. The molecule has 15 heteroatoms. The van der Waals surface area contributed by atoms with E-state index in [9.17, 15) is 27.6 Å². The number of cyclic esters (lactones) is 2. The summed E-state index contributed by atoms with van der Waals surface area (Å²) in [7, 11) is 2.92. The Kier molecular flexibility index (Phi) is 12.8. The summed E-state index contributed by atoms with van der Waals surface area (Å²) in [4.78, 5) is 45.2. The maximum absolute atomic E-state index is 11.6. The van der Waals surface area contributed by atoms with Crippen LogP contribution in [0.3, 0.4) is 0 Å². The molecule has 0 bridgehead atoms. The molecular weight excluding hydrogens is 476 g/mol. The highest BCUT2D eigenvalue weighted by molar-refractivity contribution is 7.81. The van der Waals surface area contributed by atoms with Gasteiger partial charge in [-0.1, -0.05) is 27.7 Å². The predicted molar refractivity (Wildman–Crippen MR) is 119 cm³/mol. The summed E-state index contributed by atoms with van der Waals surface area (Å²) in [6.45, 7) is 7.91. The molecule has 2 unspecified atom stereocenters. The molecule has 0 aliphatic carbocycles. The van der Waals surface area contributed by atoms with Crippen molar-refractivity contribution in [3.63, 3.8) is 0 Å². The van der Waals surface area contributed by atoms with Gasteiger partial charge in [-0.05, 0) is 24.7 Å². The molecule has 2 fully saturated rings. The molecule has 34 heavy (non-hydrogen) atoms. The van der Waals surface area contributed by atoms with Gasteiger partial charge in [0.1, 0.15) is 0 Å². The van der Waals surface area contributed by atoms with Gasteiger partial charge in [0, 0.05) is 21.1 Å². The van der Waals surface area contributed by atoms with E-state index >= 15 is 0 Å². The van der Waals surface area contributed by atoms with Gasteiger partial charge in [-0.25, -0.2) is 24.6 Å². The molecule has 0 aromatic heterocycles. The molecule has 2 rings (SSSR count). The fourth-order valence-electron chi connectivity index (χ4n) is 2.49. The number of hydrogen-bond donors (Lipinski definition) is 1. The van der Waals surface area contributed by atoms with Gasteiger partial charge in [0.15, 0.2) is 12.2 Å². The van der Waals surface area contributed by atoms with Crippen molar-refractivity contribution in [1.82, 2.24) is 20.5 Å². The summed E-state index contributed by atoms with van der Waals surface area (Å²) in [5, 5.41) is 3.50. The molecule has 2 saturated heterocycles. The lowest BCUT2D eigenvalue weighted by molar-refractivity contribution is -0.163. The highest BCUT2D eigenvalue weighted by Crippen LogP contribution is 2.17. The Balaban J connectivity index is 0.000000509.